The van der Waals surface area contributed by atoms with Gasteiger partial charge in [0.05, 0.1) is 11.9 Å². The fourth-order valence-corrected chi connectivity index (χ4v) is 6.05. The minimum atomic E-state index is -3.53. The minimum Gasteiger partial charge on any atom is -0.352 e. The third-order valence-corrected chi connectivity index (χ3v) is 8.77. The molecule has 1 atom stereocenters. The van der Waals surface area contributed by atoms with Gasteiger partial charge in [0.2, 0.25) is 21.8 Å². The van der Waals surface area contributed by atoms with Crippen LogP contribution in [-0.2, 0) is 26.2 Å². The number of rotatable bonds is 11. The highest BCUT2D eigenvalue weighted by molar-refractivity contribution is 7.92. The number of carbonyl (C=O) groups is 2. The van der Waals surface area contributed by atoms with Crippen LogP contribution < -0.4 is 9.62 Å². The first-order chi connectivity index (χ1) is 18.0. The van der Waals surface area contributed by atoms with E-state index in [1.54, 1.807) is 17.9 Å². The van der Waals surface area contributed by atoms with Crippen LogP contribution in [0, 0.1) is 20.8 Å². The maximum absolute atomic E-state index is 13.5. The number of nitrogens with one attached hydrogen (secondary N) is 1. The Morgan fingerprint density at radius 1 is 1.00 bits per heavy atom. The maximum atomic E-state index is 13.5. The molecule has 2 aromatic carbocycles. The molecule has 0 saturated heterocycles. The number of sulfonamides is 1. The Kier molecular flexibility index (Phi) is 10.4. The van der Waals surface area contributed by atoms with Crippen molar-refractivity contribution in [1.82, 2.24) is 10.2 Å². The molecule has 1 unspecified atom stereocenters. The van der Waals surface area contributed by atoms with E-state index in [9.17, 15) is 18.0 Å². The lowest BCUT2D eigenvalue weighted by Crippen LogP contribution is -2.50. The zero-order valence-electron chi connectivity index (χ0n) is 23.5. The Morgan fingerprint density at radius 2 is 1.66 bits per heavy atom. The van der Waals surface area contributed by atoms with Crippen LogP contribution in [0.15, 0.2) is 42.5 Å². The molecule has 38 heavy (non-hydrogen) atoms. The zero-order valence-corrected chi connectivity index (χ0v) is 24.3. The van der Waals surface area contributed by atoms with Crippen molar-refractivity contribution in [3.05, 3.63) is 64.7 Å². The lowest BCUT2D eigenvalue weighted by molar-refractivity contribution is -0.141. The Balaban J connectivity index is 1.73. The van der Waals surface area contributed by atoms with Crippen molar-refractivity contribution in [2.24, 2.45) is 0 Å². The Labute approximate surface area is 228 Å². The molecule has 1 aliphatic rings. The van der Waals surface area contributed by atoms with Crippen LogP contribution in [0.3, 0.4) is 0 Å². The Morgan fingerprint density at radius 3 is 2.29 bits per heavy atom. The molecule has 0 bridgehead atoms. The number of aryl methyl sites for hydroxylation is 2. The normalized spacial score (nSPS) is 15.1. The molecule has 0 spiro atoms. The number of amides is 2. The Bertz CT molecular complexity index is 1200. The van der Waals surface area contributed by atoms with Crippen molar-refractivity contribution < 1.29 is 18.0 Å². The second kappa shape index (κ2) is 13.3. The topological polar surface area (TPSA) is 86.8 Å². The summed E-state index contributed by atoms with van der Waals surface area (Å²) >= 11 is 0. The molecule has 7 nitrogen and oxygen atoms in total. The van der Waals surface area contributed by atoms with Crippen LogP contribution in [0.5, 0.6) is 0 Å². The van der Waals surface area contributed by atoms with Crippen molar-refractivity contribution >= 4 is 27.5 Å². The fraction of sp³-hybridized carbons (Fsp3) is 0.533. The monoisotopic (exact) mass is 541 g/mol. The molecular formula is C30H43N3O4S. The first-order valence-electron chi connectivity index (χ1n) is 13.7. The summed E-state index contributed by atoms with van der Waals surface area (Å²) < 4.78 is 26.7. The predicted molar refractivity (Wildman–Crippen MR) is 154 cm³/mol. The van der Waals surface area contributed by atoms with Gasteiger partial charge in [0, 0.05) is 25.6 Å². The quantitative estimate of drug-likeness (QED) is 0.433. The number of hydrogen-bond acceptors (Lipinski definition) is 4. The average Bonchev–Trinajstić information content (AvgIpc) is 2.87. The van der Waals surface area contributed by atoms with Crippen LogP contribution in [0.4, 0.5) is 5.69 Å². The summed E-state index contributed by atoms with van der Waals surface area (Å²) in [5, 5.41) is 3.16. The maximum Gasteiger partial charge on any atom is 0.242 e. The van der Waals surface area contributed by atoms with E-state index in [2.05, 4.69) is 5.32 Å². The highest BCUT2D eigenvalue weighted by Crippen LogP contribution is 2.26. The molecule has 2 aromatic rings. The molecule has 0 heterocycles. The van der Waals surface area contributed by atoms with Gasteiger partial charge in [-0.2, -0.15) is 0 Å². The van der Waals surface area contributed by atoms with Gasteiger partial charge < -0.3 is 10.2 Å². The second-order valence-electron chi connectivity index (χ2n) is 10.7. The van der Waals surface area contributed by atoms with E-state index in [4.69, 9.17) is 0 Å². The number of hydrogen-bond donors (Lipinski definition) is 1. The van der Waals surface area contributed by atoms with E-state index in [0.717, 1.165) is 47.9 Å². The summed E-state index contributed by atoms with van der Waals surface area (Å²) in [5.74, 6) is -0.295. The van der Waals surface area contributed by atoms with E-state index in [-0.39, 0.29) is 30.8 Å². The van der Waals surface area contributed by atoms with Crippen molar-refractivity contribution in [2.75, 3.05) is 17.1 Å². The summed E-state index contributed by atoms with van der Waals surface area (Å²) in [6.07, 6.45) is 7.06. The van der Waals surface area contributed by atoms with Crippen LogP contribution in [-0.4, -0.2) is 50.0 Å². The van der Waals surface area contributed by atoms with Crippen molar-refractivity contribution in [3.8, 4) is 0 Å². The van der Waals surface area contributed by atoms with E-state index in [1.807, 2.05) is 57.2 Å². The Hall–Kier alpha value is -2.87. The molecular weight excluding hydrogens is 498 g/mol. The number of nitrogens with zero attached hydrogens (tertiary/aromatic N) is 2. The van der Waals surface area contributed by atoms with Gasteiger partial charge in [-0.25, -0.2) is 8.42 Å². The van der Waals surface area contributed by atoms with Gasteiger partial charge in [-0.05, 0) is 69.7 Å². The van der Waals surface area contributed by atoms with Gasteiger partial charge in [0.25, 0.3) is 0 Å². The molecule has 1 fully saturated rings. The van der Waals surface area contributed by atoms with Gasteiger partial charge in [0.1, 0.15) is 6.04 Å². The van der Waals surface area contributed by atoms with E-state index < -0.39 is 16.1 Å². The molecule has 0 aliphatic heterocycles. The smallest absolute Gasteiger partial charge is 0.242 e. The highest BCUT2D eigenvalue weighted by atomic mass is 32.2. The van der Waals surface area contributed by atoms with Gasteiger partial charge in [-0.1, -0.05) is 61.2 Å². The van der Waals surface area contributed by atoms with Crippen molar-refractivity contribution in [3.63, 3.8) is 0 Å². The number of benzene rings is 2. The molecule has 2 amide bonds. The standard InChI is InChI=1S/C30H43N3O4S/c1-22-16-18-26(19-17-22)21-32(25(4)30(35)31-27-12-7-6-8-13-27)29(34)15-10-20-33(38(5,36)37)28-14-9-11-23(2)24(28)3/h9,11,14,16-19,25,27H,6-8,10,12-13,15,20-21H2,1-5H3,(H,31,35). The summed E-state index contributed by atoms with van der Waals surface area (Å²) in [7, 11) is -3.53. The summed E-state index contributed by atoms with van der Waals surface area (Å²) in [6, 6.07) is 13.1. The van der Waals surface area contributed by atoms with Crippen molar-refractivity contribution in [1.29, 1.82) is 0 Å². The van der Waals surface area contributed by atoms with E-state index >= 15 is 0 Å². The van der Waals surface area contributed by atoms with E-state index in [1.165, 1.54) is 17.0 Å². The molecule has 1 N–H and O–H groups in total. The lowest BCUT2D eigenvalue weighted by atomic mass is 9.95. The van der Waals surface area contributed by atoms with E-state index in [0.29, 0.717) is 18.7 Å². The molecule has 0 aromatic heterocycles. The number of carbonyl (C=O) groups excluding carboxylic acids is 2. The second-order valence-corrected chi connectivity index (χ2v) is 12.6. The molecule has 1 aliphatic carbocycles. The van der Waals surface area contributed by atoms with Gasteiger partial charge in [-0.15, -0.1) is 0 Å². The summed E-state index contributed by atoms with van der Waals surface area (Å²) in [4.78, 5) is 28.3. The predicted octanol–water partition coefficient (Wildman–Crippen LogP) is 5.02. The molecule has 0 radical (unpaired) electrons. The number of anilines is 1. The highest BCUT2D eigenvalue weighted by Gasteiger charge is 2.28. The first kappa shape index (κ1) is 29.7. The third kappa shape index (κ3) is 8.06. The molecule has 208 valence electrons. The summed E-state index contributed by atoms with van der Waals surface area (Å²) in [6.45, 7) is 8.16. The molecule has 8 heteroatoms. The van der Waals surface area contributed by atoms with Gasteiger partial charge in [0.15, 0.2) is 0 Å². The van der Waals surface area contributed by atoms with Crippen molar-refractivity contribution in [2.45, 2.75) is 91.3 Å². The third-order valence-electron chi connectivity index (χ3n) is 7.59. The summed E-state index contributed by atoms with van der Waals surface area (Å²) in [5.41, 5.74) is 4.63. The fourth-order valence-electron chi connectivity index (χ4n) is 5.03. The first-order valence-corrected chi connectivity index (χ1v) is 15.5. The largest absolute Gasteiger partial charge is 0.352 e. The average molecular weight is 542 g/mol. The van der Waals surface area contributed by atoms with Crippen LogP contribution in [0.2, 0.25) is 0 Å². The SMILES string of the molecule is Cc1ccc(CN(C(=O)CCCN(c2cccc(C)c2C)S(C)(=O)=O)C(C)C(=O)NC2CCCCC2)cc1. The molecule has 3 rings (SSSR count). The molecule has 1 saturated carbocycles. The van der Waals surface area contributed by atoms with Crippen LogP contribution in [0.1, 0.15) is 74.1 Å². The zero-order chi connectivity index (χ0) is 27.9. The van der Waals surface area contributed by atoms with Crippen LogP contribution >= 0.6 is 0 Å². The van der Waals surface area contributed by atoms with Crippen LogP contribution in [0.25, 0.3) is 0 Å². The lowest BCUT2D eigenvalue weighted by Gasteiger charge is -2.31. The van der Waals surface area contributed by atoms with Gasteiger partial charge >= 0.3 is 0 Å². The van der Waals surface area contributed by atoms with Gasteiger partial charge in [-0.3, -0.25) is 13.9 Å². The minimum absolute atomic E-state index is 0.134.